The highest BCUT2D eigenvalue weighted by molar-refractivity contribution is 5.98. The van der Waals surface area contributed by atoms with Gasteiger partial charge in [-0.15, -0.1) is 0 Å². The summed E-state index contributed by atoms with van der Waals surface area (Å²) in [7, 11) is 0. The summed E-state index contributed by atoms with van der Waals surface area (Å²) in [5, 5.41) is 4.93. The van der Waals surface area contributed by atoms with Gasteiger partial charge in [-0.1, -0.05) is 42.2 Å². The fraction of sp³-hybridized carbons (Fsp3) is 0.136. The van der Waals surface area contributed by atoms with Gasteiger partial charge in [0.2, 0.25) is 6.79 Å². The molecule has 1 aliphatic heterocycles. The zero-order valence-electron chi connectivity index (χ0n) is 14.5. The molecule has 0 saturated heterocycles. The third kappa shape index (κ3) is 3.96. The second kappa shape index (κ2) is 7.71. The Morgan fingerprint density at radius 3 is 2.74 bits per heavy atom. The molecule has 0 saturated carbocycles. The maximum Gasteiger partial charge on any atom is 0.252 e. The summed E-state index contributed by atoms with van der Waals surface area (Å²) in [6.45, 7) is 0.719. The third-order valence-electron chi connectivity index (χ3n) is 4.13. The van der Waals surface area contributed by atoms with Crippen LogP contribution in [0.4, 0.5) is 0 Å². The molecule has 0 spiro atoms. The summed E-state index contributed by atoms with van der Waals surface area (Å²) in [5.74, 6) is 7.66. The first-order valence-corrected chi connectivity index (χ1v) is 8.55. The zero-order valence-corrected chi connectivity index (χ0v) is 14.5. The Labute approximate surface area is 156 Å². The molecule has 1 amide bonds. The molecule has 1 aliphatic rings. The average Bonchev–Trinajstić information content (AvgIpc) is 3.18. The number of hydrogen-bond acceptors (Lipinski definition) is 4. The highest BCUT2D eigenvalue weighted by atomic mass is 16.7. The lowest BCUT2D eigenvalue weighted by atomic mass is 10.1. The van der Waals surface area contributed by atoms with Gasteiger partial charge in [0.15, 0.2) is 11.5 Å². The molecule has 134 valence electrons. The molecule has 5 nitrogen and oxygen atoms in total. The van der Waals surface area contributed by atoms with Crippen LogP contribution in [0.15, 0.2) is 60.7 Å². The van der Waals surface area contributed by atoms with Gasteiger partial charge in [0.05, 0.1) is 6.54 Å². The van der Waals surface area contributed by atoms with E-state index in [0.717, 1.165) is 10.8 Å². The van der Waals surface area contributed by atoms with Crippen LogP contribution in [0.25, 0.3) is 10.8 Å². The normalized spacial score (nSPS) is 11.6. The van der Waals surface area contributed by atoms with Crippen LogP contribution in [0.2, 0.25) is 0 Å². The second-order valence-electron chi connectivity index (χ2n) is 5.90. The van der Waals surface area contributed by atoms with Crippen molar-refractivity contribution < 1.29 is 19.0 Å². The van der Waals surface area contributed by atoms with E-state index in [-0.39, 0.29) is 25.9 Å². The highest BCUT2D eigenvalue weighted by Gasteiger charge is 2.13. The third-order valence-corrected chi connectivity index (χ3v) is 4.13. The summed E-state index contributed by atoms with van der Waals surface area (Å²) < 4.78 is 16.1. The van der Waals surface area contributed by atoms with Crippen LogP contribution in [0, 0.1) is 11.8 Å². The Kier molecular flexibility index (Phi) is 4.80. The van der Waals surface area contributed by atoms with Crippen molar-refractivity contribution in [3.05, 3.63) is 66.2 Å². The van der Waals surface area contributed by atoms with Gasteiger partial charge >= 0.3 is 0 Å². The summed E-state index contributed by atoms with van der Waals surface area (Å²) in [6.07, 6.45) is 0. The molecule has 0 unspecified atom stereocenters. The molecule has 1 heterocycles. The lowest BCUT2D eigenvalue weighted by Gasteiger charge is -2.04. The Bertz CT molecular complexity index is 1050. The monoisotopic (exact) mass is 359 g/mol. The lowest BCUT2D eigenvalue weighted by Crippen LogP contribution is -2.23. The van der Waals surface area contributed by atoms with Crippen LogP contribution in [-0.2, 0) is 0 Å². The molecule has 0 bridgehead atoms. The summed E-state index contributed by atoms with van der Waals surface area (Å²) in [6, 6.07) is 18.9. The van der Waals surface area contributed by atoms with Gasteiger partial charge in [0, 0.05) is 11.6 Å². The molecule has 0 fully saturated rings. The Hall–Kier alpha value is -3.65. The van der Waals surface area contributed by atoms with Crippen LogP contribution in [-0.4, -0.2) is 25.9 Å². The van der Waals surface area contributed by atoms with Crippen LogP contribution in [0.1, 0.15) is 10.4 Å². The molecule has 5 heteroatoms. The van der Waals surface area contributed by atoms with E-state index in [0.29, 0.717) is 22.8 Å². The average molecular weight is 359 g/mol. The quantitative estimate of drug-likeness (QED) is 0.726. The molecule has 0 aliphatic carbocycles. The van der Waals surface area contributed by atoms with Gasteiger partial charge in [-0.25, -0.2) is 0 Å². The largest absolute Gasteiger partial charge is 0.481 e. The maximum atomic E-state index is 12.2. The van der Waals surface area contributed by atoms with E-state index in [1.165, 1.54) is 0 Å². The minimum absolute atomic E-state index is 0.147. The summed E-state index contributed by atoms with van der Waals surface area (Å²) in [4.78, 5) is 12.2. The highest BCUT2D eigenvalue weighted by Crippen LogP contribution is 2.34. The Morgan fingerprint density at radius 2 is 1.81 bits per heavy atom. The zero-order chi connectivity index (χ0) is 18.5. The molecular weight excluding hydrogens is 342 g/mol. The van der Waals surface area contributed by atoms with Crippen molar-refractivity contribution in [2.24, 2.45) is 0 Å². The molecule has 0 aromatic heterocycles. The number of carbonyl (C=O) groups excluding carboxylic acids is 1. The molecular formula is C22H17NO4. The fourth-order valence-corrected chi connectivity index (χ4v) is 2.76. The van der Waals surface area contributed by atoms with Crippen LogP contribution in [0.3, 0.4) is 0 Å². The van der Waals surface area contributed by atoms with Crippen molar-refractivity contribution in [1.29, 1.82) is 0 Å². The Morgan fingerprint density at radius 1 is 0.963 bits per heavy atom. The maximum absolute atomic E-state index is 12.2. The smallest absolute Gasteiger partial charge is 0.252 e. The van der Waals surface area contributed by atoms with Crippen molar-refractivity contribution in [2.45, 2.75) is 0 Å². The molecule has 4 rings (SSSR count). The first-order valence-electron chi connectivity index (χ1n) is 8.55. The number of nitrogens with one attached hydrogen (secondary N) is 1. The number of ether oxygens (including phenoxy) is 3. The Balaban J connectivity index is 1.26. The first kappa shape index (κ1) is 16.8. The van der Waals surface area contributed by atoms with Gasteiger partial charge in [-0.3, -0.25) is 4.79 Å². The van der Waals surface area contributed by atoms with Crippen molar-refractivity contribution in [1.82, 2.24) is 5.32 Å². The second-order valence-corrected chi connectivity index (χ2v) is 5.90. The van der Waals surface area contributed by atoms with Gasteiger partial charge in [0.1, 0.15) is 12.4 Å². The standard InChI is InChI=1S/C22H17NO4/c24-22(18-8-7-16-5-1-2-6-17(16)13-18)23-11-3-4-12-25-19-9-10-20-21(14-19)27-15-26-20/h1-2,5-10,13-14H,11-12,15H2,(H,23,24). The fourth-order valence-electron chi connectivity index (χ4n) is 2.76. The first-order chi connectivity index (χ1) is 13.3. The molecule has 3 aromatic rings. The predicted octanol–water partition coefficient (Wildman–Crippen LogP) is 3.38. The van der Waals surface area contributed by atoms with E-state index in [1.807, 2.05) is 42.5 Å². The van der Waals surface area contributed by atoms with Crippen LogP contribution < -0.4 is 19.5 Å². The molecule has 0 radical (unpaired) electrons. The molecule has 3 aromatic carbocycles. The number of rotatable bonds is 4. The predicted molar refractivity (Wildman–Crippen MR) is 102 cm³/mol. The summed E-state index contributed by atoms with van der Waals surface area (Å²) in [5.41, 5.74) is 0.618. The summed E-state index contributed by atoms with van der Waals surface area (Å²) >= 11 is 0. The lowest BCUT2D eigenvalue weighted by molar-refractivity contribution is 0.0959. The van der Waals surface area contributed by atoms with Crippen molar-refractivity contribution in [3.63, 3.8) is 0 Å². The van der Waals surface area contributed by atoms with Crippen molar-refractivity contribution >= 4 is 16.7 Å². The molecule has 1 N–H and O–H groups in total. The van der Waals surface area contributed by atoms with E-state index in [9.17, 15) is 4.79 Å². The van der Waals surface area contributed by atoms with E-state index >= 15 is 0 Å². The van der Waals surface area contributed by atoms with Crippen LogP contribution >= 0.6 is 0 Å². The van der Waals surface area contributed by atoms with E-state index in [2.05, 4.69) is 17.2 Å². The van der Waals surface area contributed by atoms with E-state index < -0.39 is 0 Å². The van der Waals surface area contributed by atoms with E-state index in [1.54, 1.807) is 18.2 Å². The number of amides is 1. The number of hydrogen-bond donors (Lipinski definition) is 1. The topological polar surface area (TPSA) is 56.8 Å². The SMILES string of the molecule is O=C(NCC#CCOc1ccc2c(c1)OCO2)c1ccc2ccccc2c1. The number of carbonyl (C=O) groups is 1. The van der Waals surface area contributed by atoms with Gasteiger partial charge in [0.25, 0.3) is 5.91 Å². The van der Waals surface area contributed by atoms with Crippen molar-refractivity contribution in [3.8, 4) is 29.1 Å². The van der Waals surface area contributed by atoms with Gasteiger partial charge in [-0.2, -0.15) is 0 Å². The number of fused-ring (bicyclic) bond motifs is 2. The van der Waals surface area contributed by atoms with Crippen molar-refractivity contribution in [2.75, 3.05) is 19.9 Å². The minimum atomic E-state index is -0.147. The van der Waals surface area contributed by atoms with E-state index in [4.69, 9.17) is 14.2 Å². The number of benzene rings is 3. The van der Waals surface area contributed by atoms with Crippen LogP contribution in [0.5, 0.6) is 17.2 Å². The molecule has 0 atom stereocenters. The minimum Gasteiger partial charge on any atom is -0.481 e. The van der Waals surface area contributed by atoms with Gasteiger partial charge in [-0.05, 0) is 35.0 Å². The van der Waals surface area contributed by atoms with Gasteiger partial charge < -0.3 is 19.5 Å². The molecule has 27 heavy (non-hydrogen) atoms.